The van der Waals surface area contributed by atoms with E-state index in [1.165, 1.54) is 25.7 Å². The van der Waals surface area contributed by atoms with Crippen LogP contribution in [0, 0.1) is 5.92 Å². The lowest BCUT2D eigenvalue weighted by Gasteiger charge is -2.11. The zero-order chi connectivity index (χ0) is 18.8. The molecule has 5 nitrogen and oxygen atoms in total. The fraction of sp³-hybridized carbons (Fsp3) is 0.900. The van der Waals surface area contributed by atoms with E-state index < -0.39 is 0 Å². The van der Waals surface area contributed by atoms with Gasteiger partial charge in [0.2, 0.25) is 0 Å². The topological polar surface area (TPSA) is 61.8 Å². The van der Waals surface area contributed by atoms with Crippen LogP contribution >= 0.6 is 0 Å². The minimum absolute atomic E-state index is 0.213. The van der Waals surface area contributed by atoms with Crippen molar-refractivity contribution in [1.29, 1.82) is 0 Å². The first-order chi connectivity index (χ1) is 12.1. The van der Waals surface area contributed by atoms with Crippen LogP contribution in [-0.4, -0.2) is 38.9 Å². The van der Waals surface area contributed by atoms with Crippen molar-refractivity contribution in [2.45, 2.75) is 84.5 Å². The molecule has 148 valence electrons. The number of methoxy groups -OCH3 is 1. The second-order valence-corrected chi connectivity index (χ2v) is 6.74. The third-order valence-electron chi connectivity index (χ3n) is 4.21. The lowest BCUT2D eigenvalue weighted by molar-refractivity contribution is -0.145. The number of rotatable bonds is 17. The monoisotopic (exact) mass is 358 g/mol. The number of unbranched alkanes of at least 4 members (excludes halogenated alkanes) is 5. The summed E-state index contributed by atoms with van der Waals surface area (Å²) >= 11 is 0. The molecule has 0 aromatic rings. The highest BCUT2D eigenvalue weighted by molar-refractivity contribution is 5.72. The number of hydrogen-bond acceptors (Lipinski definition) is 5. The number of esters is 2. The van der Waals surface area contributed by atoms with Crippen molar-refractivity contribution in [3.8, 4) is 0 Å². The molecule has 1 atom stereocenters. The SMILES string of the molecule is CCCCCCCCOC(=O)CCCC(=O)OCCC(C)CCOC. The quantitative estimate of drug-likeness (QED) is 0.279. The summed E-state index contributed by atoms with van der Waals surface area (Å²) in [7, 11) is 1.69. The maximum Gasteiger partial charge on any atom is 0.305 e. The van der Waals surface area contributed by atoms with Gasteiger partial charge in [-0.3, -0.25) is 9.59 Å². The molecule has 0 spiro atoms. The Hall–Kier alpha value is -1.10. The lowest BCUT2D eigenvalue weighted by atomic mass is 10.1. The summed E-state index contributed by atoms with van der Waals surface area (Å²) in [4.78, 5) is 23.2. The van der Waals surface area contributed by atoms with Crippen LogP contribution in [0.25, 0.3) is 0 Å². The molecule has 0 radical (unpaired) electrons. The molecule has 0 N–H and O–H groups in total. The van der Waals surface area contributed by atoms with Gasteiger partial charge in [-0.25, -0.2) is 0 Å². The first-order valence-corrected chi connectivity index (χ1v) is 9.90. The van der Waals surface area contributed by atoms with Gasteiger partial charge in [-0.2, -0.15) is 0 Å². The zero-order valence-electron chi connectivity index (χ0n) is 16.5. The maximum atomic E-state index is 11.6. The van der Waals surface area contributed by atoms with Crippen molar-refractivity contribution in [3.05, 3.63) is 0 Å². The fourth-order valence-corrected chi connectivity index (χ4v) is 2.43. The first kappa shape index (κ1) is 23.9. The molecular weight excluding hydrogens is 320 g/mol. The van der Waals surface area contributed by atoms with Crippen molar-refractivity contribution in [1.82, 2.24) is 0 Å². The summed E-state index contributed by atoms with van der Waals surface area (Å²) in [5.41, 5.74) is 0. The predicted octanol–water partition coefficient (Wildman–Crippen LogP) is 4.67. The number of ether oxygens (including phenoxy) is 3. The van der Waals surface area contributed by atoms with E-state index in [0.29, 0.717) is 25.6 Å². The van der Waals surface area contributed by atoms with Crippen molar-refractivity contribution in [2.75, 3.05) is 26.9 Å². The summed E-state index contributed by atoms with van der Waals surface area (Å²) < 4.78 is 15.4. The standard InChI is InChI=1S/C20H38O5/c1-4-5-6-7-8-9-15-24-19(21)11-10-12-20(22)25-17-14-18(2)13-16-23-3/h18H,4-17H2,1-3H3. The van der Waals surface area contributed by atoms with Gasteiger partial charge in [0.1, 0.15) is 0 Å². The van der Waals surface area contributed by atoms with Gasteiger partial charge in [0.05, 0.1) is 13.2 Å². The van der Waals surface area contributed by atoms with Crippen LogP contribution in [0.2, 0.25) is 0 Å². The van der Waals surface area contributed by atoms with Crippen LogP contribution in [-0.2, 0) is 23.8 Å². The molecule has 25 heavy (non-hydrogen) atoms. The van der Waals surface area contributed by atoms with Gasteiger partial charge >= 0.3 is 11.9 Å². The van der Waals surface area contributed by atoms with E-state index in [1.54, 1.807) is 7.11 Å². The molecule has 0 heterocycles. The molecule has 0 aliphatic carbocycles. The van der Waals surface area contributed by atoms with Gasteiger partial charge in [0.15, 0.2) is 0 Å². The van der Waals surface area contributed by atoms with Gasteiger partial charge < -0.3 is 14.2 Å². The summed E-state index contributed by atoms with van der Waals surface area (Å²) in [5, 5.41) is 0. The fourth-order valence-electron chi connectivity index (χ4n) is 2.43. The second kappa shape index (κ2) is 17.7. The minimum atomic E-state index is -0.234. The summed E-state index contributed by atoms with van der Waals surface area (Å²) in [6.07, 6.45) is 9.90. The first-order valence-electron chi connectivity index (χ1n) is 9.90. The largest absolute Gasteiger partial charge is 0.466 e. The molecule has 5 heteroatoms. The van der Waals surface area contributed by atoms with Gasteiger partial charge in [-0.1, -0.05) is 46.0 Å². The van der Waals surface area contributed by atoms with Crippen LogP contribution in [0.4, 0.5) is 0 Å². The molecular formula is C20H38O5. The average Bonchev–Trinajstić information content (AvgIpc) is 2.59. The molecule has 0 fully saturated rings. The summed E-state index contributed by atoms with van der Waals surface area (Å²) in [6, 6.07) is 0. The molecule has 0 aromatic carbocycles. The van der Waals surface area contributed by atoms with E-state index in [1.807, 2.05) is 0 Å². The number of hydrogen-bond donors (Lipinski definition) is 0. The highest BCUT2D eigenvalue weighted by atomic mass is 16.5. The van der Waals surface area contributed by atoms with Crippen LogP contribution < -0.4 is 0 Å². The number of carbonyl (C=O) groups is 2. The minimum Gasteiger partial charge on any atom is -0.466 e. The molecule has 0 rings (SSSR count). The van der Waals surface area contributed by atoms with Crippen molar-refractivity contribution in [2.24, 2.45) is 5.92 Å². The molecule has 0 amide bonds. The molecule has 0 aliphatic rings. The Morgan fingerprint density at radius 1 is 0.760 bits per heavy atom. The molecule has 0 saturated carbocycles. The van der Waals surface area contributed by atoms with E-state index in [9.17, 15) is 9.59 Å². The Kier molecular flexibility index (Phi) is 16.9. The van der Waals surface area contributed by atoms with Crippen LogP contribution in [0.1, 0.15) is 84.5 Å². The lowest BCUT2D eigenvalue weighted by Crippen LogP contribution is -2.11. The van der Waals surface area contributed by atoms with Crippen LogP contribution in [0.3, 0.4) is 0 Å². The molecule has 0 aromatic heterocycles. The van der Waals surface area contributed by atoms with E-state index >= 15 is 0 Å². The van der Waals surface area contributed by atoms with E-state index in [-0.39, 0.29) is 24.8 Å². The van der Waals surface area contributed by atoms with Gasteiger partial charge in [0, 0.05) is 26.6 Å². The summed E-state index contributed by atoms with van der Waals surface area (Å²) in [5.74, 6) is 0.0295. The zero-order valence-corrected chi connectivity index (χ0v) is 16.5. The number of carbonyl (C=O) groups excluding carboxylic acids is 2. The Balaban J connectivity index is 3.43. The van der Waals surface area contributed by atoms with Gasteiger partial charge in [-0.05, 0) is 31.6 Å². The highest BCUT2D eigenvalue weighted by Crippen LogP contribution is 2.09. The Bertz CT molecular complexity index is 330. The summed E-state index contributed by atoms with van der Waals surface area (Å²) in [6.45, 7) is 5.98. The highest BCUT2D eigenvalue weighted by Gasteiger charge is 2.08. The third kappa shape index (κ3) is 17.5. The molecule has 1 unspecified atom stereocenters. The van der Waals surface area contributed by atoms with Crippen LogP contribution in [0.15, 0.2) is 0 Å². The Morgan fingerprint density at radius 3 is 1.96 bits per heavy atom. The molecule has 0 bridgehead atoms. The normalized spacial score (nSPS) is 12.0. The predicted molar refractivity (Wildman–Crippen MR) is 99.4 cm³/mol. The van der Waals surface area contributed by atoms with E-state index in [4.69, 9.17) is 14.2 Å². The van der Waals surface area contributed by atoms with Gasteiger partial charge in [-0.15, -0.1) is 0 Å². The average molecular weight is 359 g/mol. The van der Waals surface area contributed by atoms with Crippen LogP contribution in [0.5, 0.6) is 0 Å². The smallest absolute Gasteiger partial charge is 0.305 e. The Morgan fingerprint density at radius 2 is 1.32 bits per heavy atom. The van der Waals surface area contributed by atoms with E-state index in [0.717, 1.165) is 32.3 Å². The van der Waals surface area contributed by atoms with Gasteiger partial charge in [0.25, 0.3) is 0 Å². The van der Waals surface area contributed by atoms with Crippen molar-refractivity contribution >= 4 is 11.9 Å². The maximum absolute atomic E-state index is 11.6. The Labute approximate surface area is 153 Å². The van der Waals surface area contributed by atoms with Crippen molar-refractivity contribution in [3.63, 3.8) is 0 Å². The van der Waals surface area contributed by atoms with Crippen molar-refractivity contribution < 1.29 is 23.8 Å². The molecule has 0 saturated heterocycles. The van der Waals surface area contributed by atoms with E-state index in [2.05, 4.69) is 13.8 Å². The molecule has 0 aliphatic heterocycles. The third-order valence-corrected chi connectivity index (χ3v) is 4.21. The second-order valence-electron chi connectivity index (χ2n) is 6.74.